The van der Waals surface area contributed by atoms with Crippen LogP contribution in [-0.4, -0.2) is 23.3 Å². The fourth-order valence-corrected chi connectivity index (χ4v) is 1.07. The molecule has 0 N–H and O–H groups in total. The van der Waals surface area contributed by atoms with E-state index in [1.165, 1.54) is 12.3 Å². The molecule has 1 aromatic heterocycles. The highest BCUT2D eigenvalue weighted by atomic mass is 16.5. The van der Waals surface area contributed by atoms with Gasteiger partial charge in [-0.1, -0.05) is 0 Å². The second kappa shape index (κ2) is 5.48. The highest BCUT2D eigenvalue weighted by Gasteiger charge is 1.93. The minimum absolute atomic E-state index is 0.00687. The number of unbranched alkanes of at least 4 members (excludes halogenated alkanes) is 1. The number of aromatic nitrogens is 2. The van der Waals surface area contributed by atoms with E-state index in [4.69, 9.17) is 4.74 Å². The van der Waals surface area contributed by atoms with Crippen LogP contribution in [-0.2, 0) is 11.3 Å². The Morgan fingerprint density at radius 2 is 2.38 bits per heavy atom. The van der Waals surface area contributed by atoms with E-state index in [0.717, 1.165) is 26.0 Å². The molecule has 0 aliphatic heterocycles. The van der Waals surface area contributed by atoms with Crippen LogP contribution in [0.3, 0.4) is 0 Å². The molecular formula is C9H14N2O2. The molecule has 0 bridgehead atoms. The van der Waals surface area contributed by atoms with Crippen LogP contribution >= 0.6 is 0 Å². The van der Waals surface area contributed by atoms with Gasteiger partial charge in [-0.3, -0.25) is 9.36 Å². The van der Waals surface area contributed by atoms with Crippen LogP contribution < -0.4 is 5.56 Å². The van der Waals surface area contributed by atoms with E-state index in [0.29, 0.717) is 0 Å². The summed E-state index contributed by atoms with van der Waals surface area (Å²) in [4.78, 5) is 15.1. The molecule has 13 heavy (non-hydrogen) atoms. The second-order valence-corrected chi connectivity index (χ2v) is 2.81. The van der Waals surface area contributed by atoms with Crippen molar-refractivity contribution in [3.8, 4) is 0 Å². The highest BCUT2D eigenvalue weighted by molar-refractivity contribution is 4.81. The van der Waals surface area contributed by atoms with Crippen molar-refractivity contribution in [3.05, 3.63) is 28.9 Å². The molecular weight excluding hydrogens is 168 g/mol. The summed E-state index contributed by atoms with van der Waals surface area (Å²) < 4.78 is 6.51. The maximum Gasteiger partial charge on any atom is 0.253 e. The van der Waals surface area contributed by atoms with Gasteiger partial charge < -0.3 is 4.74 Å². The average Bonchev–Trinajstić information content (AvgIpc) is 2.15. The van der Waals surface area contributed by atoms with E-state index in [1.807, 2.05) is 0 Å². The molecule has 0 radical (unpaired) electrons. The molecule has 0 aliphatic carbocycles. The van der Waals surface area contributed by atoms with Gasteiger partial charge in [0.15, 0.2) is 0 Å². The summed E-state index contributed by atoms with van der Waals surface area (Å²) in [6.45, 7) is 1.46. The minimum Gasteiger partial charge on any atom is -0.385 e. The molecule has 1 heterocycles. The van der Waals surface area contributed by atoms with Crippen molar-refractivity contribution in [2.24, 2.45) is 0 Å². The number of aryl methyl sites for hydroxylation is 1. The Morgan fingerprint density at radius 1 is 1.54 bits per heavy atom. The summed E-state index contributed by atoms with van der Waals surface area (Å²) in [5, 5.41) is 0. The Hall–Kier alpha value is -1.16. The zero-order chi connectivity index (χ0) is 9.52. The van der Waals surface area contributed by atoms with Gasteiger partial charge in [0.05, 0.1) is 6.33 Å². The quantitative estimate of drug-likeness (QED) is 0.629. The highest BCUT2D eigenvalue weighted by Crippen LogP contribution is 1.91. The van der Waals surface area contributed by atoms with Crippen molar-refractivity contribution in [2.45, 2.75) is 19.4 Å². The molecule has 0 atom stereocenters. The molecule has 0 amide bonds. The first-order valence-corrected chi connectivity index (χ1v) is 4.34. The predicted molar refractivity (Wildman–Crippen MR) is 49.6 cm³/mol. The van der Waals surface area contributed by atoms with Gasteiger partial charge in [0.1, 0.15) is 0 Å². The van der Waals surface area contributed by atoms with E-state index in [2.05, 4.69) is 4.98 Å². The molecule has 0 aliphatic rings. The first-order valence-electron chi connectivity index (χ1n) is 4.34. The van der Waals surface area contributed by atoms with Crippen molar-refractivity contribution in [1.29, 1.82) is 0 Å². The van der Waals surface area contributed by atoms with E-state index in [-0.39, 0.29) is 5.56 Å². The molecule has 4 nitrogen and oxygen atoms in total. The van der Waals surface area contributed by atoms with E-state index < -0.39 is 0 Å². The molecule has 4 heteroatoms. The average molecular weight is 182 g/mol. The van der Waals surface area contributed by atoms with Crippen molar-refractivity contribution < 1.29 is 4.74 Å². The normalized spacial score (nSPS) is 10.2. The third kappa shape index (κ3) is 3.38. The van der Waals surface area contributed by atoms with Crippen LogP contribution in [0.25, 0.3) is 0 Å². The van der Waals surface area contributed by atoms with Gasteiger partial charge in [-0.15, -0.1) is 0 Å². The molecule has 0 saturated heterocycles. The molecule has 1 rings (SSSR count). The molecule has 0 fully saturated rings. The Labute approximate surface area is 77.2 Å². The summed E-state index contributed by atoms with van der Waals surface area (Å²) in [6.07, 6.45) is 4.99. The Kier molecular flexibility index (Phi) is 4.18. The van der Waals surface area contributed by atoms with Crippen molar-refractivity contribution in [2.75, 3.05) is 13.7 Å². The Morgan fingerprint density at radius 3 is 3.08 bits per heavy atom. The van der Waals surface area contributed by atoms with Crippen LogP contribution in [0.1, 0.15) is 12.8 Å². The van der Waals surface area contributed by atoms with E-state index in [9.17, 15) is 4.79 Å². The third-order valence-corrected chi connectivity index (χ3v) is 1.79. The lowest BCUT2D eigenvalue weighted by Crippen LogP contribution is -2.18. The number of nitrogens with zero attached hydrogens (tertiary/aromatic N) is 2. The van der Waals surface area contributed by atoms with Gasteiger partial charge in [0.2, 0.25) is 0 Å². The standard InChI is InChI=1S/C9H14N2O2/c1-13-7-3-2-6-11-8-10-5-4-9(11)12/h4-5,8H,2-3,6-7H2,1H3. The fraction of sp³-hybridized carbons (Fsp3) is 0.556. The summed E-state index contributed by atoms with van der Waals surface area (Å²) in [6, 6.07) is 1.47. The van der Waals surface area contributed by atoms with Crippen LogP contribution in [0.2, 0.25) is 0 Å². The predicted octanol–water partition coefficient (Wildman–Crippen LogP) is 0.670. The molecule has 0 saturated carbocycles. The lowest BCUT2D eigenvalue weighted by molar-refractivity contribution is 0.191. The number of methoxy groups -OCH3 is 1. The molecule has 1 aromatic rings. The number of hydrogen-bond acceptors (Lipinski definition) is 3. The zero-order valence-electron chi connectivity index (χ0n) is 7.77. The topological polar surface area (TPSA) is 44.1 Å². The largest absolute Gasteiger partial charge is 0.385 e. The first-order chi connectivity index (χ1) is 6.34. The van der Waals surface area contributed by atoms with Crippen molar-refractivity contribution in [1.82, 2.24) is 9.55 Å². The Balaban J connectivity index is 2.37. The molecule has 0 spiro atoms. The van der Waals surface area contributed by atoms with Crippen LogP contribution in [0.15, 0.2) is 23.4 Å². The van der Waals surface area contributed by atoms with Gasteiger partial charge in [-0.2, -0.15) is 0 Å². The van der Waals surface area contributed by atoms with Gasteiger partial charge >= 0.3 is 0 Å². The summed E-state index contributed by atoms with van der Waals surface area (Å²) in [7, 11) is 1.68. The molecule has 72 valence electrons. The smallest absolute Gasteiger partial charge is 0.253 e. The van der Waals surface area contributed by atoms with Crippen molar-refractivity contribution in [3.63, 3.8) is 0 Å². The maximum absolute atomic E-state index is 11.2. The number of hydrogen-bond donors (Lipinski definition) is 0. The maximum atomic E-state index is 11.2. The number of rotatable bonds is 5. The van der Waals surface area contributed by atoms with Gasteiger partial charge in [-0.25, -0.2) is 4.98 Å². The minimum atomic E-state index is 0.00687. The van der Waals surface area contributed by atoms with Crippen LogP contribution in [0, 0.1) is 0 Å². The molecule has 0 aromatic carbocycles. The lowest BCUT2D eigenvalue weighted by Gasteiger charge is -2.02. The second-order valence-electron chi connectivity index (χ2n) is 2.81. The first kappa shape index (κ1) is 9.92. The summed E-state index contributed by atoms with van der Waals surface area (Å²) in [5.74, 6) is 0. The SMILES string of the molecule is COCCCCn1cnccc1=O. The van der Waals surface area contributed by atoms with Gasteiger partial charge in [0.25, 0.3) is 5.56 Å². The lowest BCUT2D eigenvalue weighted by atomic mass is 10.3. The van der Waals surface area contributed by atoms with Gasteiger partial charge in [0, 0.05) is 32.5 Å². The van der Waals surface area contributed by atoms with Crippen LogP contribution in [0.5, 0.6) is 0 Å². The van der Waals surface area contributed by atoms with Crippen LogP contribution in [0.4, 0.5) is 0 Å². The van der Waals surface area contributed by atoms with Gasteiger partial charge in [-0.05, 0) is 12.8 Å². The summed E-state index contributed by atoms with van der Waals surface area (Å²) in [5.41, 5.74) is 0.00687. The molecule has 0 unspecified atom stereocenters. The fourth-order valence-electron chi connectivity index (χ4n) is 1.07. The summed E-state index contributed by atoms with van der Waals surface area (Å²) >= 11 is 0. The van der Waals surface area contributed by atoms with Crippen molar-refractivity contribution >= 4 is 0 Å². The van der Waals surface area contributed by atoms with E-state index >= 15 is 0 Å². The van der Waals surface area contributed by atoms with E-state index in [1.54, 1.807) is 18.0 Å². The number of ether oxygens (including phenoxy) is 1. The monoisotopic (exact) mass is 182 g/mol. The Bertz CT molecular complexity index is 296. The zero-order valence-corrected chi connectivity index (χ0v) is 7.77. The third-order valence-electron chi connectivity index (χ3n) is 1.79.